The van der Waals surface area contributed by atoms with E-state index in [2.05, 4.69) is 10.3 Å². The molecule has 1 N–H and O–H groups in total. The van der Waals surface area contributed by atoms with Crippen LogP contribution in [0.2, 0.25) is 0 Å². The third-order valence-electron chi connectivity index (χ3n) is 4.35. The second-order valence-electron chi connectivity index (χ2n) is 6.43. The number of amides is 2. The SMILES string of the molecule is CC(=O)N(C)Cc1ccccc1NC(=O)Cn1c(SC(F)F)nc2ccccc21. The molecule has 1 aromatic heterocycles. The average molecular weight is 418 g/mol. The number of rotatable bonds is 7. The number of nitrogens with zero attached hydrogens (tertiary/aromatic N) is 3. The lowest BCUT2D eigenvalue weighted by atomic mass is 10.1. The molecule has 29 heavy (non-hydrogen) atoms. The highest BCUT2D eigenvalue weighted by Crippen LogP contribution is 2.28. The van der Waals surface area contributed by atoms with Crippen LogP contribution >= 0.6 is 11.8 Å². The zero-order valence-electron chi connectivity index (χ0n) is 15.9. The number of aromatic nitrogens is 2. The lowest BCUT2D eigenvalue weighted by molar-refractivity contribution is -0.128. The van der Waals surface area contributed by atoms with E-state index < -0.39 is 5.76 Å². The first kappa shape index (κ1) is 20.8. The Labute approximate surface area is 170 Å². The second kappa shape index (κ2) is 9.04. The molecule has 0 atom stereocenters. The Morgan fingerprint density at radius 2 is 1.86 bits per heavy atom. The molecule has 6 nitrogen and oxygen atoms in total. The quantitative estimate of drug-likeness (QED) is 0.590. The molecule has 0 radical (unpaired) electrons. The number of alkyl halides is 2. The van der Waals surface area contributed by atoms with Crippen LogP contribution in [-0.2, 0) is 22.7 Å². The Kier molecular flexibility index (Phi) is 6.48. The van der Waals surface area contributed by atoms with Crippen molar-refractivity contribution in [3.05, 3.63) is 54.1 Å². The first-order valence-electron chi connectivity index (χ1n) is 8.84. The van der Waals surface area contributed by atoms with Gasteiger partial charge in [0.25, 0.3) is 5.76 Å². The van der Waals surface area contributed by atoms with Crippen LogP contribution in [0.4, 0.5) is 14.5 Å². The van der Waals surface area contributed by atoms with Gasteiger partial charge in [-0.05, 0) is 35.5 Å². The van der Waals surface area contributed by atoms with Gasteiger partial charge >= 0.3 is 0 Å². The van der Waals surface area contributed by atoms with E-state index in [0.717, 1.165) is 5.56 Å². The summed E-state index contributed by atoms with van der Waals surface area (Å²) in [4.78, 5) is 29.9. The van der Waals surface area contributed by atoms with Crippen LogP contribution in [0.1, 0.15) is 12.5 Å². The average Bonchev–Trinajstić information content (AvgIpc) is 2.99. The van der Waals surface area contributed by atoms with Crippen molar-refractivity contribution < 1.29 is 18.4 Å². The van der Waals surface area contributed by atoms with Gasteiger partial charge < -0.3 is 14.8 Å². The summed E-state index contributed by atoms with van der Waals surface area (Å²) in [5.41, 5.74) is 2.50. The summed E-state index contributed by atoms with van der Waals surface area (Å²) in [5.74, 6) is -3.11. The van der Waals surface area contributed by atoms with Gasteiger partial charge in [-0.15, -0.1) is 0 Å². The molecule has 9 heteroatoms. The van der Waals surface area contributed by atoms with Gasteiger partial charge in [-0.1, -0.05) is 30.3 Å². The van der Waals surface area contributed by atoms with Gasteiger partial charge in [-0.2, -0.15) is 8.78 Å². The first-order valence-corrected chi connectivity index (χ1v) is 9.72. The highest BCUT2D eigenvalue weighted by Gasteiger charge is 2.18. The molecule has 3 aromatic rings. The minimum atomic E-state index is -2.64. The third kappa shape index (κ3) is 5.11. The van der Waals surface area contributed by atoms with Gasteiger partial charge in [0.15, 0.2) is 5.16 Å². The zero-order valence-corrected chi connectivity index (χ0v) is 16.7. The molecule has 0 aliphatic rings. The van der Waals surface area contributed by atoms with Crippen LogP contribution in [0.3, 0.4) is 0 Å². The van der Waals surface area contributed by atoms with Crippen LogP contribution in [0.25, 0.3) is 11.0 Å². The largest absolute Gasteiger partial charge is 0.342 e. The van der Waals surface area contributed by atoms with E-state index in [1.54, 1.807) is 43.4 Å². The number of nitrogens with one attached hydrogen (secondary N) is 1. The monoisotopic (exact) mass is 418 g/mol. The molecule has 3 rings (SSSR count). The number of thioether (sulfide) groups is 1. The van der Waals surface area contributed by atoms with E-state index in [9.17, 15) is 18.4 Å². The molecule has 152 valence electrons. The van der Waals surface area contributed by atoms with Crippen LogP contribution in [-0.4, -0.2) is 39.1 Å². The first-order chi connectivity index (χ1) is 13.8. The van der Waals surface area contributed by atoms with Gasteiger partial charge in [0.2, 0.25) is 11.8 Å². The fourth-order valence-electron chi connectivity index (χ4n) is 2.86. The summed E-state index contributed by atoms with van der Waals surface area (Å²) in [6, 6.07) is 14.1. The van der Waals surface area contributed by atoms with Crippen molar-refractivity contribution in [1.29, 1.82) is 0 Å². The van der Waals surface area contributed by atoms with Gasteiger partial charge in [-0.3, -0.25) is 9.59 Å². The Bertz CT molecular complexity index is 1040. The maximum absolute atomic E-state index is 12.9. The highest BCUT2D eigenvalue weighted by atomic mass is 32.2. The van der Waals surface area contributed by atoms with E-state index in [-0.39, 0.29) is 23.5 Å². The summed E-state index contributed by atoms with van der Waals surface area (Å²) in [6.45, 7) is 1.65. The van der Waals surface area contributed by atoms with E-state index >= 15 is 0 Å². The molecule has 0 bridgehead atoms. The number of anilines is 1. The Hall–Kier alpha value is -2.94. The summed E-state index contributed by atoms with van der Waals surface area (Å²) in [7, 11) is 1.67. The van der Waals surface area contributed by atoms with Crippen molar-refractivity contribution in [3.8, 4) is 0 Å². The molecular weight excluding hydrogens is 398 g/mol. The topological polar surface area (TPSA) is 67.2 Å². The number of para-hydroxylation sites is 3. The third-order valence-corrected chi connectivity index (χ3v) is 5.05. The maximum Gasteiger partial charge on any atom is 0.291 e. The number of imidazole rings is 1. The molecule has 0 aliphatic carbocycles. The van der Waals surface area contributed by atoms with Gasteiger partial charge in [0, 0.05) is 26.2 Å². The zero-order chi connectivity index (χ0) is 21.0. The van der Waals surface area contributed by atoms with Crippen molar-refractivity contribution in [2.45, 2.75) is 30.9 Å². The van der Waals surface area contributed by atoms with Crippen LogP contribution in [0, 0.1) is 0 Å². The van der Waals surface area contributed by atoms with Gasteiger partial charge in [0.1, 0.15) is 6.54 Å². The number of halogens is 2. The molecule has 2 amide bonds. The van der Waals surface area contributed by atoms with Gasteiger partial charge in [0.05, 0.1) is 11.0 Å². The molecule has 0 saturated heterocycles. The summed E-state index contributed by atoms with van der Waals surface area (Å²) in [6.07, 6.45) is 0. The smallest absolute Gasteiger partial charge is 0.291 e. The molecule has 2 aromatic carbocycles. The van der Waals surface area contributed by atoms with Crippen LogP contribution < -0.4 is 5.32 Å². The summed E-state index contributed by atoms with van der Waals surface area (Å²) >= 11 is 0.308. The number of carbonyl (C=O) groups is 2. The van der Waals surface area contributed by atoms with E-state index in [4.69, 9.17) is 0 Å². The normalized spacial score (nSPS) is 11.1. The number of hydrogen-bond donors (Lipinski definition) is 1. The number of benzene rings is 2. The molecule has 0 unspecified atom stereocenters. The lowest BCUT2D eigenvalue weighted by Crippen LogP contribution is -2.25. The maximum atomic E-state index is 12.9. The fourth-order valence-corrected chi connectivity index (χ4v) is 3.46. The standard InChI is InChI=1S/C20H20F2N4O2S/c1-13(27)25(2)11-14-7-3-4-8-15(14)23-18(28)12-26-17-10-6-5-9-16(17)24-20(26)29-19(21)22/h3-10,19H,11-12H2,1-2H3,(H,23,28). The minimum absolute atomic E-state index is 0.0842. The molecule has 0 saturated carbocycles. The van der Waals surface area contributed by atoms with Crippen molar-refractivity contribution >= 4 is 40.3 Å². The molecular formula is C20H20F2N4O2S. The number of hydrogen-bond acceptors (Lipinski definition) is 4. The van der Waals surface area contributed by atoms with Gasteiger partial charge in [-0.25, -0.2) is 4.98 Å². The van der Waals surface area contributed by atoms with Crippen molar-refractivity contribution in [1.82, 2.24) is 14.5 Å². The highest BCUT2D eigenvalue weighted by molar-refractivity contribution is 7.99. The predicted molar refractivity (Wildman–Crippen MR) is 109 cm³/mol. The summed E-state index contributed by atoms with van der Waals surface area (Å²) < 4.78 is 27.3. The number of fused-ring (bicyclic) bond motifs is 1. The van der Waals surface area contributed by atoms with E-state index in [1.807, 2.05) is 12.1 Å². The molecule has 1 heterocycles. The van der Waals surface area contributed by atoms with E-state index in [0.29, 0.717) is 35.0 Å². The molecule has 0 fully saturated rings. The molecule has 0 spiro atoms. The fraction of sp³-hybridized carbons (Fsp3) is 0.250. The number of carbonyl (C=O) groups excluding carboxylic acids is 2. The predicted octanol–water partition coefficient (Wildman–Crippen LogP) is 3.97. The minimum Gasteiger partial charge on any atom is -0.342 e. The van der Waals surface area contributed by atoms with Crippen LogP contribution in [0.15, 0.2) is 53.7 Å². The van der Waals surface area contributed by atoms with E-state index in [1.165, 1.54) is 16.4 Å². The Morgan fingerprint density at radius 3 is 2.59 bits per heavy atom. The van der Waals surface area contributed by atoms with Crippen molar-refractivity contribution in [2.24, 2.45) is 0 Å². The lowest BCUT2D eigenvalue weighted by Gasteiger charge is -2.18. The van der Waals surface area contributed by atoms with Crippen molar-refractivity contribution in [3.63, 3.8) is 0 Å². The Morgan fingerprint density at radius 1 is 1.17 bits per heavy atom. The summed E-state index contributed by atoms with van der Waals surface area (Å²) in [5, 5.41) is 2.90. The Balaban J connectivity index is 1.83. The van der Waals surface area contributed by atoms with Crippen molar-refractivity contribution in [2.75, 3.05) is 12.4 Å². The molecule has 0 aliphatic heterocycles. The second-order valence-corrected chi connectivity index (χ2v) is 7.39. The van der Waals surface area contributed by atoms with Crippen LogP contribution in [0.5, 0.6) is 0 Å².